The van der Waals surface area contributed by atoms with Crippen LogP contribution in [0, 0.1) is 0 Å². The lowest BCUT2D eigenvalue weighted by Gasteiger charge is -2.09. The molecule has 1 rings (SSSR count). The largest absolute Gasteiger partial charge is 0.333 e. The Balaban J connectivity index is 2.44. The number of nitrogens with one attached hydrogen (secondary N) is 1. The average Bonchev–Trinajstić information content (AvgIpc) is 2.30. The van der Waals surface area contributed by atoms with Gasteiger partial charge in [-0.3, -0.25) is 0 Å². The van der Waals surface area contributed by atoms with Crippen molar-refractivity contribution in [2.24, 2.45) is 0 Å². The molecular weight excluding hydrogens is 128 g/mol. The van der Waals surface area contributed by atoms with E-state index >= 15 is 0 Å². The van der Waals surface area contributed by atoms with Gasteiger partial charge in [-0.25, -0.2) is 4.79 Å². The molecule has 0 aliphatic carbocycles. The quantitative estimate of drug-likeness (QED) is 0.608. The fourth-order valence-corrected chi connectivity index (χ4v) is 1.16. The Morgan fingerprint density at radius 3 is 2.70 bits per heavy atom. The monoisotopic (exact) mass is 142 g/mol. The maximum Gasteiger partial charge on any atom is 0.317 e. The van der Waals surface area contributed by atoms with E-state index < -0.39 is 0 Å². The summed E-state index contributed by atoms with van der Waals surface area (Å²) in [6.07, 6.45) is 1.03. The SMILES string of the molecule is CCC1CN(CC)C(=O)N1. The summed E-state index contributed by atoms with van der Waals surface area (Å²) in [6, 6.07) is 0.474. The van der Waals surface area contributed by atoms with Crippen LogP contribution >= 0.6 is 0 Å². The molecule has 1 aliphatic rings. The van der Waals surface area contributed by atoms with Crippen LogP contribution in [0.3, 0.4) is 0 Å². The Hall–Kier alpha value is -0.730. The molecule has 0 aromatic rings. The van der Waals surface area contributed by atoms with Crippen molar-refractivity contribution in [3.63, 3.8) is 0 Å². The number of amides is 2. The molecule has 1 heterocycles. The average molecular weight is 142 g/mol. The molecule has 58 valence electrons. The molecule has 3 heteroatoms. The first-order valence-corrected chi connectivity index (χ1v) is 3.83. The fourth-order valence-electron chi connectivity index (χ4n) is 1.16. The number of hydrogen-bond acceptors (Lipinski definition) is 1. The maximum absolute atomic E-state index is 11.0. The number of rotatable bonds is 2. The zero-order valence-electron chi connectivity index (χ0n) is 6.55. The second kappa shape index (κ2) is 2.90. The van der Waals surface area contributed by atoms with Crippen LogP contribution < -0.4 is 5.32 Å². The van der Waals surface area contributed by atoms with E-state index in [-0.39, 0.29) is 6.03 Å². The number of carbonyl (C=O) groups excluding carboxylic acids is 1. The number of nitrogens with zero attached hydrogens (tertiary/aromatic N) is 1. The van der Waals surface area contributed by atoms with Crippen molar-refractivity contribution in [2.45, 2.75) is 26.3 Å². The van der Waals surface area contributed by atoms with Gasteiger partial charge in [0.15, 0.2) is 0 Å². The summed E-state index contributed by atoms with van der Waals surface area (Å²) in [5.41, 5.74) is 0. The lowest BCUT2D eigenvalue weighted by molar-refractivity contribution is 0.219. The Bertz CT molecular complexity index is 136. The molecule has 0 aromatic carbocycles. The van der Waals surface area contributed by atoms with Gasteiger partial charge in [-0.1, -0.05) is 6.92 Å². The predicted molar refractivity (Wildman–Crippen MR) is 39.9 cm³/mol. The molecule has 1 fully saturated rings. The third-order valence-electron chi connectivity index (χ3n) is 1.93. The molecule has 3 nitrogen and oxygen atoms in total. The van der Waals surface area contributed by atoms with Gasteiger partial charge in [-0.15, -0.1) is 0 Å². The van der Waals surface area contributed by atoms with Gasteiger partial charge in [0.25, 0.3) is 0 Å². The molecule has 0 saturated carbocycles. The van der Waals surface area contributed by atoms with E-state index in [1.165, 1.54) is 0 Å². The van der Waals surface area contributed by atoms with Gasteiger partial charge in [-0.05, 0) is 13.3 Å². The Labute approximate surface area is 61.4 Å². The Morgan fingerprint density at radius 1 is 1.70 bits per heavy atom. The van der Waals surface area contributed by atoms with E-state index in [9.17, 15) is 4.79 Å². The van der Waals surface area contributed by atoms with Crippen molar-refractivity contribution in [3.05, 3.63) is 0 Å². The van der Waals surface area contributed by atoms with Crippen molar-refractivity contribution in [1.29, 1.82) is 0 Å². The predicted octanol–water partition coefficient (Wildman–Crippen LogP) is 0.810. The summed E-state index contributed by atoms with van der Waals surface area (Å²) in [4.78, 5) is 12.8. The highest BCUT2D eigenvalue weighted by Gasteiger charge is 2.25. The number of likely N-dealkylation sites (N-methyl/N-ethyl adjacent to an activating group) is 1. The first-order valence-electron chi connectivity index (χ1n) is 3.83. The smallest absolute Gasteiger partial charge is 0.317 e. The van der Waals surface area contributed by atoms with Crippen LogP contribution in [-0.2, 0) is 0 Å². The fraction of sp³-hybridized carbons (Fsp3) is 0.857. The van der Waals surface area contributed by atoms with E-state index in [1.807, 2.05) is 11.8 Å². The third-order valence-corrected chi connectivity index (χ3v) is 1.93. The van der Waals surface area contributed by atoms with Crippen molar-refractivity contribution in [1.82, 2.24) is 10.2 Å². The molecule has 0 aromatic heterocycles. The molecule has 0 spiro atoms. The maximum atomic E-state index is 11.0. The minimum Gasteiger partial charge on any atom is -0.333 e. The van der Waals surface area contributed by atoms with Gasteiger partial charge < -0.3 is 10.2 Å². The summed E-state index contributed by atoms with van der Waals surface area (Å²) in [6.45, 7) is 5.79. The zero-order chi connectivity index (χ0) is 7.56. The van der Waals surface area contributed by atoms with Gasteiger partial charge in [0.1, 0.15) is 0 Å². The summed E-state index contributed by atoms with van der Waals surface area (Å²) in [5, 5.41) is 2.89. The van der Waals surface area contributed by atoms with E-state index in [0.29, 0.717) is 6.04 Å². The van der Waals surface area contributed by atoms with Gasteiger partial charge in [0, 0.05) is 19.1 Å². The van der Waals surface area contributed by atoms with Gasteiger partial charge in [0.05, 0.1) is 0 Å². The Morgan fingerprint density at radius 2 is 2.40 bits per heavy atom. The van der Waals surface area contributed by atoms with Crippen LogP contribution in [0.5, 0.6) is 0 Å². The minimum absolute atomic E-state index is 0.0920. The van der Waals surface area contributed by atoms with Gasteiger partial charge in [0.2, 0.25) is 0 Å². The lowest BCUT2D eigenvalue weighted by atomic mass is 10.2. The van der Waals surface area contributed by atoms with E-state index in [1.54, 1.807) is 0 Å². The normalized spacial score (nSPS) is 25.2. The second-order valence-corrected chi connectivity index (χ2v) is 2.59. The van der Waals surface area contributed by atoms with Crippen LogP contribution in [0.25, 0.3) is 0 Å². The molecule has 10 heavy (non-hydrogen) atoms. The molecule has 1 atom stereocenters. The summed E-state index contributed by atoms with van der Waals surface area (Å²) in [5.74, 6) is 0. The van der Waals surface area contributed by atoms with Crippen molar-refractivity contribution in [3.8, 4) is 0 Å². The van der Waals surface area contributed by atoms with Gasteiger partial charge >= 0.3 is 6.03 Å². The summed E-state index contributed by atoms with van der Waals surface area (Å²) in [7, 11) is 0. The van der Waals surface area contributed by atoms with Crippen LogP contribution in [0.15, 0.2) is 0 Å². The highest BCUT2D eigenvalue weighted by molar-refractivity contribution is 5.76. The highest BCUT2D eigenvalue weighted by atomic mass is 16.2. The summed E-state index contributed by atoms with van der Waals surface area (Å²) < 4.78 is 0. The molecular formula is C7H14N2O. The Kier molecular flexibility index (Phi) is 2.14. The minimum atomic E-state index is 0.0920. The topological polar surface area (TPSA) is 32.3 Å². The van der Waals surface area contributed by atoms with Crippen molar-refractivity contribution < 1.29 is 4.79 Å². The molecule has 0 radical (unpaired) electrons. The molecule has 1 unspecified atom stereocenters. The first kappa shape index (κ1) is 7.38. The third kappa shape index (κ3) is 1.23. The highest BCUT2D eigenvalue weighted by Crippen LogP contribution is 2.05. The van der Waals surface area contributed by atoms with Crippen LogP contribution in [-0.4, -0.2) is 30.1 Å². The molecule has 1 aliphatic heterocycles. The second-order valence-electron chi connectivity index (χ2n) is 2.59. The summed E-state index contributed by atoms with van der Waals surface area (Å²) >= 11 is 0. The molecule has 1 saturated heterocycles. The van der Waals surface area contributed by atoms with Crippen LogP contribution in [0.2, 0.25) is 0 Å². The van der Waals surface area contributed by atoms with Crippen LogP contribution in [0.4, 0.5) is 4.79 Å². The first-order chi connectivity index (χ1) is 4.77. The number of urea groups is 1. The van der Waals surface area contributed by atoms with E-state index in [4.69, 9.17) is 0 Å². The van der Waals surface area contributed by atoms with Crippen molar-refractivity contribution in [2.75, 3.05) is 13.1 Å². The lowest BCUT2D eigenvalue weighted by Crippen LogP contribution is -2.28. The number of carbonyl (C=O) groups is 1. The standard InChI is InChI=1S/C7H14N2O/c1-3-6-5-9(4-2)7(10)8-6/h6H,3-5H2,1-2H3,(H,8,10). The van der Waals surface area contributed by atoms with Gasteiger partial charge in [-0.2, -0.15) is 0 Å². The van der Waals surface area contributed by atoms with Crippen LogP contribution in [0.1, 0.15) is 20.3 Å². The van der Waals surface area contributed by atoms with Crippen molar-refractivity contribution >= 4 is 6.03 Å². The zero-order valence-corrected chi connectivity index (χ0v) is 6.55. The van der Waals surface area contributed by atoms with E-state index in [0.717, 1.165) is 19.5 Å². The molecule has 0 bridgehead atoms. The van der Waals surface area contributed by atoms with E-state index in [2.05, 4.69) is 12.2 Å². The molecule has 2 amide bonds. The molecule has 1 N–H and O–H groups in total. The number of hydrogen-bond donors (Lipinski definition) is 1.